The maximum absolute atomic E-state index is 12.8. The fourth-order valence-electron chi connectivity index (χ4n) is 3.28. The van der Waals surface area contributed by atoms with Crippen molar-refractivity contribution in [3.05, 3.63) is 84.3 Å². The summed E-state index contributed by atoms with van der Waals surface area (Å²) in [5, 5.41) is 3.81. The van der Waals surface area contributed by atoms with Crippen molar-refractivity contribution in [3.8, 4) is 21.3 Å². The number of rotatable bonds is 4. The lowest BCUT2D eigenvalue weighted by Gasteiger charge is -2.04. The minimum absolute atomic E-state index is 0.224. The summed E-state index contributed by atoms with van der Waals surface area (Å²) in [6.07, 6.45) is 3.28. The van der Waals surface area contributed by atoms with E-state index in [2.05, 4.69) is 15.3 Å². The lowest BCUT2D eigenvalue weighted by molar-refractivity contribution is 0.102. The van der Waals surface area contributed by atoms with E-state index in [0.29, 0.717) is 22.6 Å². The number of carbonyl (C=O) groups excluding carboxylic acids is 1. The first-order valence-electron chi connectivity index (χ1n) is 9.42. The molecule has 0 radical (unpaired) electrons. The van der Waals surface area contributed by atoms with Crippen LogP contribution in [0.1, 0.15) is 16.1 Å². The molecule has 0 aliphatic carbocycles. The van der Waals surface area contributed by atoms with Gasteiger partial charge >= 0.3 is 0 Å². The highest BCUT2D eigenvalue weighted by Gasteiger charge is 2.18. The van der Waals surface area contributed by atoms with Gasteiger partial charge in [-0.1, -0.05) is 36.4 Å². The van der Waals surface area contributed by atoms with Crippen molar-refractivity contribution in [2.45, 2.75) is 6.92 Å². The minimum atomic E-state index is -0.224. The molecular weight excluding hydrogens is 394 g/mol. The van der Waals surface area contributed by atoms with Gasteiger partial charge in [0.2, 0.25) is 0 Å². The predicted molar refractivity (Wildman–Crippen MR) is 120 cm³/mol. The smallest absolute Gasteiger partial charge is 0.257 e. The summed E-state index contributed by atoms with van der Waals surface area (Å²) in [7, 11) is 0. The highest BCUT2D eigenvalue weighted by Crippen LogP contribution is 2.35. The fourth-order valence-corrected chi connectivity index (χ4v) is 4.29. The topological polar surface area (TPSA) is 83.6 Å². The molecule has 0 spiro atoms. The van der Waals surface area contributed by atoms with E-state index in [0.717, 1.165) is 26.7 Å². The standard InChI is InChI=1S/C23H17N5OS/c1-14-20(30-23(25-14)15-7-3-2-4-8-15)21-27-18-11-5-10-17(19(18)28-21)22(29)26-16-9-6-12-24-13-16/h2-13H,1H3,(H,26,29)(H,27,28). The first kappa shape index (κ1) is 18.2. The van der Waals surface area contributed by atoms with Crippen molar-refractivity contribution >= 4 is 34.0 Å². The summed E-state index contributed by atoms with van der Waals surface area (Å²) < 4.78 is 0. The molecule has 5 rings (SSSR count). The molecule has 6 nitrogen and oxygen atoms in total. The van der Waals surface area contributed by atoms with Crippen molar-refractivity contribution in [2.75, 3.05) is 5.32 Å². The third kappa shape index (κ3) is 3.35. The number of H-pyrrole nitrogens is 1. The number of aromatic nitrogens is 4. The van der Waals surface area contributed by atoms with Gasteiger partial charge in [0.25, 0.3) is 5.91 Å². The SMILES string of the molecule is Cc1nc(-c2ccccc2)sc1-c1nc2c(C(=O)Nc3cccnc3)cccc2[nH]1. The third-order valence-corrected chi connectivity index (χ3v) is 5.92. The molecule has 0 aliphatic heterocycles. The molecule has 5 aromatic rings. The van der Waals surface area contributed by atoms with Crippen molar-refractivity contribution in [2.24, 2.45) is 0 Å². The number of amides is 1. The van der Waals surface area contributed by atoms with Gasteiger partial charge in [0.05, 0.1) is 33.5 Å². The van der Waals surface area contributed by atoms with E-state index in [9.17, 15) is 4.79 Å². The second kappa shape index (κ2) is 7.53. The average molecular weight is 411 g/mol. The first-order valence-corrected chi connectivity index (χ1v) is 10.2. The molecule has 0 aliphatic rings. The summed E-state index contributed by atoms with van der Waals surface area (Å²) in [6, 6.07) is 19.2. The number of hydrogen-bond acceptors (Lipinski definition) is 5. The first-order chi connectivity index (χ1) is 14.7. The number of carbonyl (C=O) groups is 1. The largest absolute Gasteiger partial charge is 0.337 e. The molecule has 3 heterocycles. The maximum atomic E-state index is 12.8. The number of benzene rings is 2. The summed E-state index contributed by atoms with van der Waals surface area (Å²) >= 11 is 1.58. The monoisotopic (exact) mass is 411 g/mol. The predicted octanol–water partition coefficient (Wildman–Crippen LogP) is 5.31. The van der Waals surface area contributed by atoms with Gasteiger partial charge < -0.3 is 10.3 Å². The van der Waals surface area contributed by atoms with Gasteiger partial charge in [0.15, 0.2) is 5.82 Å². The molecular formula is C23H17N5OS. The Kier molecular flexibility index (Phi) is 4.57. The van der Waals surface area contributed by atoms with Crippen molar-refractivity contribution < 1.29 is 4.79 Å². The van der Waals surface area contributed by atoms with Crippen LogP contribution in [-0.2, 0) is 0 Å². The summed E-state index contributed by atoms with van der Waals surface area (Å²) in [5.74, 6) is 0.487. The zero-order chi connectivity index (χ0) is 20.5. The normalized spacial score (nSPS) is 11.0. The maximum Gasteiger partial charge on any atom is 0.257 e. The van der Waals surface area contributed by atoms with E-state index < -0.39 is 0 Å². The van der Waals surface area contributed by atoms with Crippen LogP contribution >= 0.6 is 11.3 Å². The van der Waals surface area contributed by atoms with Crippen molar-refractivity contribution in [3.63, 3.8) is 0 Å². The van der Waals surface area contributed by atoms with Gasteiger partial charge in [-0.2, -0.15) is 0 Å². The lowest BCUT2D eigenvalue weighted by Crippen LogP contribution is -2.12. The Balaban J connectivity index is 1.53. The number of fused-ring (bicyclic) bond motifs is 1. The minimum Gasteiger partial charge on any atom is -0.337 e. The van der Waals surface area contributed by atoms with E-state index in [4.69, 9.17) is 9.97 Å². The number of nitrogens with one attached hydrogen (secondary N) is 2. The van der Waals surface area contributed by atoms with Crippen LogP contribution in [0.15, 0.2) is 73.1 Å². The number of para-hydroxylation sites is 1. The second-order valence-electron chi connectivity index (χ2n) is 6.78. The zero-order valence-corrected chi connectivity index (χ0v) is 16.9. The molecule has 0 bridgehead atoms. The zero-order valence-electron chi connectivity index (χ0n) is 16.1. The molecule has 0 unspecified atom stereocenters. The van der Waals surface area contributed by atoms with Crippen molar-refractivity contribution in [1.29, 1.82) is 0 Å². The Morgan fingerprint density at radius 3 is 2.67 bits per heavy atom. The van der Waals surface area contributed by atoms with Gasteiger partial charge in [0.1, 0.15) is 10.5 Å². The van der Waals surface area contributed by atoms with E-state index in [1.165, 1.54) is 0 Å². The molecule has 2 N–H and O–H groups in total. The third-order valence-electron chi connectivity index (χ3n) is 4.71. The van der Waals surface area contributed by atoms with Gasteiger partial charge in [-0.25, -0.2) is 9.97 Å². The highest BCUT2D eigenvalue weighted by molar-refractivity contribution is 7.18. The van der Waals surface area contributed by atoms with E-state index in [1.54, 1.807) is 41.9 Å². The van der Waals surface area contributed by atoms with E-state index >= 15 is 0 Å². The number of anilines is 1. The molecule has 0 saturated carbocycles. The lowest BCUT2D eigenvalue weighted by atomic mass is 10.1. The number of aryl methyl sites for hydroxylation is 1. The number of imidazole rings is 1. The van der Waals surface area contributed by atoms with Gasteiger partial charge in [-0.15, -0.1) is 11.3 Å². The van der Waals surface area contributed by atoms with Crippen LogP contribution in [0, 0.1) is 6.92 Å². The quantitative estimate of drug-likeness (QED) is 0.420. The van der Waals surface area contributed by atoms with Crippen LogP contribution in [0.2, 0.25) is 0 Å². The van der Waals surface area contributed by atoms with E-state index in [1.807, 2.05) is 49.4 Å². The molecule has 0 fully saturated rings. The van der Waals surface area contributed by atoms with Gasteiger partial charge in [-0.05, 0) is 31.2 Å². The van der Waals surface area contributed by atoms with Crippen LogP contribution in [0.3, 0.4) is 0 Å². The number of thiazole rings is 1. The fraction of sp³-hybridized carbons (Fsp3) is 0.0435. The summed E-state index contributed by atoms with van der Waals surface area (Å²) in [5.41, 5.74) is 4.55. The highest BCUT2D eigenvalue weighted by atomic mass is 32.1. The molecule has 7 heteroatoms. The number of aromatic amines is 1. The molecule has 3 aromatic heterocycles. The molecule has 146 valence electrons. The Morgan fingerprint density at radius 2 is 1.87 bits per heavy atom. The van der Waals surface area contributed by atoms with Crippen LogP contribution in [0.5, 0.6) is 0 Å². The molecule has 1 amide bonds. The second-order valence-corrected chi connectivity index (χ2v) is 7.78. The van der Waals surface area contributed by atoms with E-state index in [-0.39, 0.29) is 5.91 Å². The van der Waals surface area contributed by atoms with Crippen LogP contribution < -0.4 is 5.32 Å². The Hall–Kier alpha value is -3.84. The van der Waals surface area contributed by atoms with Gasteiger partial charge in [0, 0.05) is 11.8 Å². The van der Waals surface area contributed by atoms with Crippen LogP contribution in [-0.4, -0.2) is 25.8 Å². The molecule has 30 heavy (non-hydrogen) atoms. The number of nitrogens with zero attached hydrogens (tertiary/aromatic N) is 3. The van der Waals surface area contributed by atoms with Crippen LogP contribution in [0.4, 0.5) is 5.69 Å². The number of pyridine rings is 1. The average Bonchev–Trinajstić information content (AvgIpc) is 3.38. The Morgan fingerprint density at radius 1 is 1.00 bits per heavy atom. The Bertz CT molecular complexity index is 1340. The summed E-state index contributed by atoms with van der Waals surface area (Å²) in [4.78, 5) is 30.6. The van der Waals surface area contributed by atoms with Gasteiger partial charge in [-0.3, -0.25) is 9.78 Å². The molecule has 0 atom stereocenters. The number of hydrogen-bond donors (Lipinski definition) is 2. The van der Waals surface area contributed by atoms with Crippen molar-refractivity contribution in [1.82, 2.24) is 19.9 Å². The summed E-state index contributed by atoms with van der Waals surface area (Å²) in [6.45, 7) is 1.97. The molecule has 2 aromatic carbocycles. The molecule has 0 saturated heterocycles. The Labute approximate surface area is 176 Å². The van der Waals surface area contributed by atoms with Crippen LogP contribution in [0.25, 0.3) is 32.3 Å².